The molecule has 0 unspecified atom stereocenters. The molecule has 1 heterocycles. The molecule has 0 aromatic heterocycles. The smallest absolute Gasteiger partial charge is 0.407 e. The predicted octanol–water partition coefficient (Wildman–Crippen LogP) is 3.21. The van der Waals surface area contributed by atoms with E-state index in [1.807, 2.05) is 18.2 Å². The number of rotatable bonds is 6. The van der Waals surface area contributed by atoms with E-state index in [0.29, 0.717) is 6.54 Å². The number of carboxylic acid groups (broad SMARTS) is 1. The minimum atomic E-state index is -0.780. The molecule has 1 fully saturated rings. The first-order chi connectivity index (χ1) is 10.2. The summed E-state index contributed by atoms with van der Waals surface area (Å²) in [6.45, 7) is 4.50. The van der Waals surface area contributed by atoms with Crippen LogP contribution in [0.25, 0.3) is 6.08 Å². The number of carbonyl (C=O) groups is 1. The van der Waals surface area contributed by atoms with Gasteiger partial charge in [0, 0.05) is 19.1 Å². The van der Waals surface area contributed by atoms with Crippen molar-refractivity contribution < 1.29 is 9.90 Å². The van der Waals surface area contributed by atoms with Gasteiger partial charge in [0.1, 0.15) is 0 Å². The van der Waals surface area contributed by atoms with Gasteiger partial charge >= 0.3 is 6.09 Å². The highest BCUT2D eigenvalue weighted by atomic mass is 16.4. The third-order valence-corrected chi connectivity index (χ3v) is 3.89. The predicted molar refractivity (Wildman–Crippen MR) is 85.3 cm³/mol. The molecule has 1 saturated heterocycles. The van der Waals surface area contributed by atoms with Gasteiger partial charge in [-0.3, -0.25) is 0 Å². The summed E-state index contributed by atoms with van der Waals surface area (Å²) in [4.78, 5) is 12.6. The molecule has 114 valence electrons. The Morgan fingerprint density at radius 3 is 2.90 bits per heavy atom. The van der Waals surface area contributed by atoms with Crippen molar-refractivity contribution in [3.8, 4) is 0 Å². The molecule has 4 heteroatoms. The Kier molecular flexibility index (Phi) is 5.81. The lowest BCUT2D eigenvalue weighted by Crippen LogP contribution is -2.36. The van der Waals surface area contributed by atoms with Gasteiger partial charge in [0.2, 0.25) is 0 Å². The average Bonchev–Trinajstić information content (AvgIpc) is 2.93. The van der Waals surface area contributed by atoms with E-state index in [9.17, 15) is 4.79 Å². The quantitative estimate of drug-likeness (QED) is 0.790. The zero-order valence-corrected chi connectivity index (χ0v) is 12.6. The van der Waals surface area contributed by atoms with E-state index in [1.54, 1.807) is 4.90 Å². The van der Waals surface area contributed by atoms with Gasteiger partial charge in [-0.05, 0) is 38.3 Å². The summed E-state index contributed by atoms with van der Waals surface area (Å²) in [5, 5.41) is 12.5. The normalized spacial score (nSPS) is 19.0. The molecule has 1 aliphatic heterocycles. The molecule has 1 aromatic rings. The minimum absolute atomic E-state index is 0.188. The van der Waals surface area contributed by atoms with E-state index in [4.69, 9.17) is 5.11 Å². The van der Waals surface area contributed by atoms with Crippen LogP contribution in [0.4, 0.5) is 4.79 Å². The summed E-state index contributed by atoms with van der Waals surface area (Å²) < 4.78 is 0. The summed E-state index contributed by atoms with van der Waals surface area (Å²) >= 11 is 0. The molecule has 1 aliphatic rings. The fourth-order valence-electron chi connectivity index (χ4n) is 2.83. The van der Waals surface area contributed by atoms with Crippen LogP contribution in [0.15, 0.2) is 35.9 Å². The average molecular weight is 288 g/mol. The maximum atomic E-state index is 11.1. The fraction of sp³-hybridized carbons (Fsp3) is 0.471. The highest BCUT2D eigenvalue weighted by Gasteiger charge is 2.27. The second-order valence-corrected chi connectivity index (χ2v) is 5.64. The van der Waals surface area contributed by atoms with Crippen molar-refractivity contribution in [1.82, 2.24) is 10.2 Å². The number of hydrogen-bond acceptors (Lipinski definition) is 2. The van der Waals surface area contributed by atoms with Gasteiger partial charge < -0.3 is 15.3 Å². The Hall–Kier alpha value is -1.81. The van der Waals surface area contributed by atoms with E-state index in [-0.39, 0.29) is 6.04 Å². The molecule has 4 nitrogen and oxygen atoms in total. The first-order valence-corrected chi connectivity index (χ1v) is 7.59. The molecule has 0 radical (unpaired) electrons. The molecule has 1 atom stereocenters. The van der Waals surface area contributed by atoms with Crippen molar-refractivity contribution in [3.05, 3.63) is 41.5 Å². The van der Waals surface area contributed by atoms with Crippen LogP contribution in [0, 0.1) is 0 Å². The highest BCUT2D eigenvalue weighted by molar-refractivity contribution is 5.65. The van der Waals surface area contributed by atoms with E-state index in [2.05, 4.69) is 30.4 Å². The maximum absolute atomic E-state index is 11.1. The molecule has 2 N–H and O–H groups in total. The summed E-state index contributed by atoms with van der Waals surface area (Å²) in [5.74, 6) is 0. The van der Waals surface area contributed by atoms with Crippen LogP contribution in [0.5, 0.6) is 0 Å². The Balaban J connectivity index is 1.70. The second-order valence-electron chi connectivity index (χ2n) is 5.64. The topological polar surface area (TPSA) is 52.6 Å². The molecular formula is C17H24N2O2. The van der Waals surface area contributed by atoms with Gasteiger partial charge in [-0.25, -0.2) is 4.79 Å². The van der Waals surface area contributed by atoms with Gasteiger partial charge in [-0.2, -0.15) is 0 Å². The third-order valence-electron chi connectivity index (χ3n) is 3.89. The maximum Gasteiger partial charge on any atom is 0.407 e. The first kappa shape index (κ1) is 15.6. The van der Waals surface area contributed by atoms with Gasteiger partial charge in [-0.1, -0.05) is 42.0 Å². The first-order valence-electron chi connectivity index (χ1n) is 7.59. The van der Waals surface area contributed by atoms with Crippen LogP contribution in [-0.2, 0) is 0 Å². The van der Waals surface area contributed by atoms with Crippen LogP contribution in [0.1, 0.15) is 31.7 Å². The fourth-order valence-corrected chi connectivity index (χ4v) is 2.83. The van der Waals surface area contributed by atoms with Gasteiger partial charge in [0.15, 0.2) is 0 Å². The van der Waals surface area contributed by atoms with Crippen molar-refractivity contribution in [1.29, 1.82) is 0 Å². The van der Waals surface area contributed by atoms with E-state index < -0.39 is 6.09 Å². The largest absolute Gasteiger partial charge is 0.465 e. The monoisotopic (exact) mass is 288 g/mol. The van der Waals surface area contributed by atoms with E-state index in [1.165, 1.54) is 11.1 Å². The Morgan fingerprint density at radius 1 is 1.43 bits per heavy atom. The van der Waals surface area contributed by atoms with Gasteiger partial charge in [0.25, 0.3) is 0 Å². The number of nitrogens with one attached hydrogen (secondary N) is 1. The Labute approximate surface area is 126 Å². The SMILES string of the molecule is CC(=Cc1ccccc1)CNCC[C@@H]1CCCN1C(=O)O. The summed E-state index contributed by atoms with van der Waals surface area (Å²) in [5.41, 5.74) is 2.49. The molecule has 21 heavy (non-hydrogen) atoms. The molecular weight excluding hydrogens is 264 g/mol. The van der Waals surface area contributed by atoms with Crippen molar-refractivity contribution in [2.45, 2.75) is 32.2 Å². The van der Waals surface area contributed by atoms with Crippen molar-refractivity contribution in [2.75, 3.05) is 19.6 Å². The molecule has 0 aliphatic carbocycles. The van der Waals surface area contributed by atoms with Crippen LogP contribution < -0.4 is 5.32 Å². The number of benzene rings is 1. The Morgan fingerprint density at radius 2 is 2.19 bits per heavy atom. The zero-order chi connectivity index (χ0) is 15.1. The third kappa shape index (κ3) is 4.90. The molecule has 2 rings (SSSR count). The summed E-state index contributed by atoms with van der Waals surface area (Å²) in [7, 11) is 0. The van der Waals surface area contributed by atoms with Gasteiger partial charge in [-0.15, -0.1) is 0 Å². The van der Waals surface area contributed by atoms with Gasteiger partial charge in [0.05, 0.1) is 0 Å². The van der Waals surface area contributed by atoms with Crippen LogP contribution in [0.2, 0.25) is 0 Å². The zero-order valence-electron chi connectivity index (χ0n) is 12.6. The second kappa shape index (κ2) is 7.84. The molecule has 1 amide bonds. The lowest BCUT2D eigenvalue weighted by molar-refractivity contribution is 0.138. The number of nitrogens with zero attached hydrogens (tertiary/aromatic N) is 1. The van der Waals surface area contributed by atoms with Crippen molar-refractivity contribution in [2.24, 2.45) is 0 Å². The van der Waals surface area contributed by atoms with E-state index >= 15 is 0 Å². The molecule has 1 aromatic carbocycles. The standard InChI is InChI=1S/C17H24N2O2/c1-14(12-15-6-3-2-4-7-15)13-18-10-9-16-8-5-11-19(16)17(20)21/h2-4,6-7,12,16,18H,5,8-11,13H2,1H3,(H,20,21)/t16-/m0/s1. The van der Waals surface area contributed by atoms with Crippen LogP contribution in [0.3, 0.4) is 0 Å². The van der Waals surface area contributed by atoms with Crippen LogP contribution >= 0.6 is 0 Å². The summed E-state index contributed by atoms with van der Waals surface area (Å²) in [6, 6.07) is 10.5. The van der Waals surface area contributed by atoms with Crippen LogP contribution in [-0.4, -0.2) is 41.8 Å². The molecule has 0 spiro atoms. The lowest BCUT2D eigenvalue weighted by atomic mass is 10.1. The Bertz CT molecular complexity index is 485. The number of amides is 1. The minimum Gasteiger partial charge on any atom is -0.465 e. The van der Waals surface area contributed by atoms with Crippen molar-refractivity contribution >= 4 is 12.2 Å². The lowest BCUT2D eigenvalue weighted by Gasteiger charge is -2.21. The number of hydrogen-bond donors (Lipinski definition) is 2. The highest BCUT2D eigenvalue weighted by Crippen LogP contribution is 2.19. The number of likely N-dealkylation sites (tertiary alicyclic amines) is 1. The molecule has 0 saturated carbocycles. The molecule has 0 bridgehead atoms. The van der Waals surface area contributed by atoms with E-state index in [0.717, 1.165) is 32.4 Å². The van der Waals surface area contributed by atoms with Crippen molar-refractivity contribution in [3.63, 3.8) is 0 Å². The summed E-state index contributed by atoms with van der Waals surface area (Å²) in [6.07, 6.45) is 4.27.